The smallest absolute Gasteiger partial charge is 0.161 e. The highest BCUT2D eigenvalue weighted by Crippen LogP contribution is 2.33. The highest BCUT2D eigenvalue weighted by molar-refractivity contribution is 7.98. The van der Waals surface area contributed by atoms with Crippen molar-refractivity contribution in [1.82, 2.24) is 9.97 Å². The Balaban J connectivity index is 1.72. The van der Waals surface area contributed by atoms with E-state index in [1.165, 1.54) is 30.2 Å². The predicted molar refractivity (Wildman–Crippen MR) is 94.3 cm³/mol. The second kappa shape index (κ2) is 7.34. The van der Waals surface area contributed by atoms with Crippen LogP contribution >= 0.6 is 23.1 Å². The summed E-state index contributed by atoms with van der Waals surface area (Å²) in [5.74, 6) is 1.21. The first kappa shape index (κ1) is 16.3. The lowest BCUT2D eigenvalue weighted by molar-refractivity contribution is 0.373. The molecule has 0 atom stereocenters. The largest absolute Gasteiger partial charge is 0.504 e. The van der Waals surface area contributed by atoms with Crippen LogP contribution in [-0.4, -0.2) is 22.2 Å². The van der Waals surface area contributed by atoms with Gasteiger partial charge >= 0.3 is 0 Å². The van der Waals surface area contributed by atoms with Crippen LogP contribution in [-0.2, 0) is 5.75 Å². The number of phenols is 1. The average molecular weight is 355 g/mol. The third-order valence-corrected chi connectivity index (χ3v) is 5.11. The third kappa shape index (κ3) is 3.67. The number of thiazole rings is 1. The first-order valence-electron chi connectivity index (χ1n) is 7.00. The molecule has 0 fully saturated rings. The molecule has 0 aliphatic rings. The molecule has 0 bridgehead atoms. The molecule has 0 aliphatic carbocycles. The molecule has 0 saturated carbocycles. The van der Waals surface area contributed by atoms with Gasteiger partial charge in [0.05, 0.1) is 29.5 Å². The van der Waals surface area contributed by atoms with E-state index in [2.05, 4.69) is 16.0 Å². The number of ether oxygens (including phenoxy) is 1. The van der Waals surface area contributed by atoms with Gasteiger partial charge in [0.1, 0.15) is 5.01 Å². The van der Waals surface area contributed by atoms with E-state index in [1.807, 2.05) is 11.4 Å². The molecule has 0 spiro atoms. The van der Waals surface area contributed by atoms with Crippen LogP contribution in [0, 0.1) is 11.3 Å². The second-order valence-electron chi connectivity index (χ2n) is 4.81. The van der Waals surface area contributed by atoms with Crippen molar-refractivity contribution in [2.75, 3.05) is 7.11 Å². The number of aromatic hydroxyl groups is 1. The number of methoxy groups -OCH3 is 1. The average Bonchev–Trinajstić information content (AvgIpc) is 3.09. The summed E-state index contributed by atoms with van der Waals surface area (Å²) in [6.45, 7) is 0. The summed E-state index contributed by atoms with van der Waals surface area (Å²) in [6.07, 6.45) is 1.64. The number of rotatable bonds is 5. The van der Waals surface area contributed by atoms with Gasteiger partial charge in [-0.05, 0) is 30.3 Å². The number of phenolic OH excluding ortho intramolecular Hbond substituents is 1. The van der Waals surface area contributed by atoms with Gasteiger partial charge in [0, 0.05) is 22.9 Å². The summed E-state index contributed by atoms with van der Waals surface area (Å²) in [5.41, 5.74) is 2.44. The van der Waals surface area contributed by atoms with Crippen LogP contribution in [0.2, 0.25) is 0 Å². The van der Waals surface area contributed by atoms with Gasteiger partial charge in [-0.3, -0.25) is 0 Å². The number of hydrogen-bond acceptors (Lipinski definition) is 7. The van der Waals surface area contributed by atoms with Crippen molar-refractivity contribution >= 4 is 23.1 Å². The van der Waals surface area contributed by atoms with E-state index in [1.54, 1.807) is 30.5 Å². The number of nitriles is 1. The van der Waals surface area contributed by atoms with Crippen molar-refractivity contribution in [1.29, 1.82) is 5.26 Å². The number of benzene rings is 1. The zero-order valence-corrected chi connectivity index (χ0v) is 14.4. The monoisotopic (exact) mass is 355 g/mol. The lowest BCUT2D eigenvalue weighted by Crippen LogP contribution is -1.87. The minimum absolute atomic E-state index is 0.108. The lowest BCUT2D eigenvalue weighted by Gasteiger charge is -2.04. The van der Waals surface area contributed by atoms with Gasteiger partial charge in [-0.25, -0.2) is 9.97 Å². The Morgan fingerprint density at radius 1 is 1.33 bits per heavy atom. The van der Waals surface area contributed by atoms with Gasteiger partial charge in [-0.15, -0.1) is 11.3 Å². The highest BCUT2D eigenvalue weighted by atomic mass is 32.2. The topological polar surface area (TPSA) is 79.0 Å². The van der Waals surface area contributed by atoms with Gasteiger partial charge in [-0.1, -0.05) is 11.8 Å². The second-order valence-corrected chi connectivity index (χ2v) is 6.67. The van der Waals surface area contributed by atoms with Gasteiger partial charge in [-0.2, -0.15) is 5.26 Å². The van der Waals surface area contributed by atoms with E-state index in [9.17, 15) is 5.11 Å². The van der Waals surface area contributed by atoms with Crippen molar-refractivity contribution in [3.63, 3.8) is 0 Å². The molecule has 1 N–H and O–H groups in total. The summed E-state index contributed by atoms with van der Waals surface area (Å²) in [6, 6.07) is 10.7. The van der Waals surface area contributed by atoms with Crippen LogP contribution in [0.15, 0.2) is 46.9 Å². The normalized spacial score (nSPS) is 10.3. The Morgan fingerprint density at radius 3 is 3.00 bits per heavy atom. The Bertz CT molecular complexity index is 903. The standard InChI is InChI=1S/C17H13N3O2S2/c1-22-15-7-12(2-3-14(15)21)17-20-13(10-24-17)9-23-16-6-11(8-18)4-5-19-16/h2-7,10,21H,9H2,1H3. The van der Waals surface area contributed by atoms with Crippen molar-refractivity contribution in [2.24, 2.45) is 0 Å². The van der Waals surface area contributed by atoms with Crippen LogP contribution in [0.1, 0.15) is 11.3 Å². The number of aromatic nitrogens is 2. The van der Waals surface area contributed by atoms with Crippen molar-refractivity contribution in [2.45, 2.75) is 10.8 Å². The van der Waals surface area contributed by atoms with Crippen molar-refractivity contribution < 1.29 is 9.84 Å². The molecular weight excluding hydrogens is 342 g/mol. The molecule has 0 saturated heterocycles. The molecule has 24 heavy (non-hydrogen) atoms. The number of hydrogen-bond donors (Lipinski definition) is 1. The van der Waals surface area contributed by atoms with Crippen LogP contribution in [0.3, 0.4) is 0 Å². The predicted octanol–water partition coefficient (Wildman–Crippen LogP) is 4.08. The minimum atomic E-state index is 0.108. The lowest BCUT2D eigenvalue weighted by atomic mass is 10.2. The molecule has 3 aromatic rings. The van der Waals surface area contributed by atoms with Crippen molar-refractivity contribution in [3.05, 3.63) is 53.2 Å². The molecule has 5 nitrogen and oxygen atoms in total. The van der Waals surface area contributed by atoms with E-state index in [-0.39, 0.29) is 5.75 Å². The van der Waals surface area contributed by atoms with E-state index in [0.717, 1.165) is 21.3 Å². The van der Waals surface area contributed by atoms with Crippen LogP contribution in [0.4, 0.5) is 0 Å². The maximum atomic E-state index is 9.66. The summed E-state index contributed by atoms with van der Waals surface area (Å²) in [4.78, 5) is 8.85. The molecule has 1 aromatic carbocycles. The molecule has 0 aliphatic heterocycles. The summed E-state index contributed by atoms with van der Waals surface area (Å²) in [7, 11) is 1.52. The fourth-order valence-electron chi connectivity index (χ4n) is 2.02. The van der Waals surface area contributed by atoms with Gasteiger partial charge in [0.2, 0.25) is 0 Å². The first-order chi connectivity index (χ1) is 11.7. The highest BCUT2D eigenvalue weighted by Gasteiger charge is 2.09. The molecule has 3 rings (SSSR count). The zero-order chi connectivity index (χ0) is 16.9. The van der Waals surface area contributed by atoms with E-state index in [0.29, 0.717) is 17.1 Å². The van der Waals surface area contributed by atoms with E-state index < -0.39 is 0 Å². The van der Waals surface area contributed by atoms with Gasteiger partial charge in [0.25, 0.3) is 0 Å². The Labute approximate surface area is 147 Å². The molecule has 2 aromatic heterocycles. The minimum Gasteiger partial charge on any atom is -0.504 e. The Kier molecular flexibility index (Phi) is 4.99. The maximum absolute atomic E-state index is 9.66. The van der Waals surface area contributed by atoms with E-state index >= 15 is 0 Å². The van der Waals surface area contributed by atoms with Crippen molar-refractivity contribution in [3.8, 4) is 28.1 Å². The number of thioether (sulfide) groups is 1. The maximum Gasteiger partial charge on any atom is 0.161 e. The van der Waals surface area contributed by atoms with Gasteiger partial charge in [0.15, 0.2) is 11.5 Å². The van der Waals surface area contributed by atoms with Crippen LogP contribution in [0.25, 0.3) is 10.6 Å². The number of nitrogens with zero attached hydrogens (tertiary/aromatic N) is 3. The Morgan fingerprint density at radius 2 is 2.21 bits per heavy atom. The zero-order valence-electron chi connectivity index (χ0n) is 12.8. The number of pyridine rings is 1. The summed E-state index contributed by atoms with van der Waals surface area (Å²) < 4.78 is 5.13. The first-order valence-corrected chi connectivity index (χ1v) is 8.87. The van der Waals surface area contributed by atoms with E-state index in [4.69, 9.17) is 10.00 Å². The molecule has 7 heteroatoms. The fraction of sp³-hybridized carbons (Fsp3) is 0.118. The molecule has 0 unspecified atom stereocenters. The molecule has 0 amide bonds. The molecule has 2 heterocycles. The third-order valence-electron chi connectivity index (χ3n) is 3.21. The molecule has 120 valence electrons. The molecular formula is C17H13N3O2S2. The van der Waals surface area contributed by atoms with Gasteiger partial charge < -0.3 is 9.84 Å². The summed E-state index contributed by atoms with van der Waals surface area (Å²) >= 11 is 3.08. The SMILES string of the molecule is COc1cc(-c2nc(CSc3cc(C#N)ccn3)cs2)ccc1O. The summed E-state index contributed by atoms with van der Waals surface area (Å²) in [5, 5.41) is 22.2. The Hall–Kier alpha value is -2.56. The van der Waals surface area contributed by atoms with Crippen LogP contribution in [0.5, 0.6) is 11.5 Å². The quantitative estimate of drug-likeness (QED) is 0.695. The van der Waals surface area contributed by atoms with Crippen LogP contribution < -0.4 is 4.74 Å². The molecule has 0 radical (unpaired) electrons. The fourth-order valence-corrected chi connectivity index (χ4v) is 3.73.